The van der Waals surface area contributed by atoms with Crippen LogP contribution in [0, 0.1) is 6.92 Å². The predicted molar refractivity (Wildman–Crippen MR) is 93.5 cm³/mol. The Balaban J connectivity index is 1.71. The van der Waals surface area contributed by atoms with Crippen LogP contribution in [-0.4, -0.2) is 25.7 Å². The Kier molecular flexibility index (Phi) is 4.71. The van der Waals surface area contributed by atoms with Gasteiger partial charge >= 0.3 is 0 Å². The first kappa shape index (κ1) is 16.3. The van der Waals surface area contributed by atoms with Crippen molar-refractivity contribution in [2.45, 2.75) is 33.2 Å². The summed E-state index contributed by atoms with van der Waals surface area (Å²) in [4.78, 5) is 21.5. The number of aromatic nitrogens is 4. The Hall–Kier alpha value is -2.54. The van der Waals surface area contributed by atoms with Crippen LogP contribution in [0.1, 0.15) is 45.8 Å². The summed E-state index contributed by atoms with van der Waals surface area (Å²) in [5.74, 6) is -0.0717. The number of hydrogen-bond acceptors (Lipinski definition) is 5. The number of nitrogens with zero attached hydrogens (tertiary/aromatic N) is 4. The molecular weight excluding hydrogens is 322 g/mol. The zero-order valence-corrected chi connectivity index (χ0v) is 14.7. The molecule has 0 spiro atoms. The monoisotopic (exact) mass is 341 g/mol. The summed E-state index contributed by atoms with van der Waals surface area (Å²) in [6, 6.07) is 7.80. The largest absolute Gasteiger partial charge is 0.345 e. The van der Waals surface area contributed by atoms with Crippen molar-refractivity contribution in [1.29, 1.82) is 0 Å². The molecule has 1 atom stereocenters. The highest BCUT2D eigenvalue weighted by Crippen LogP contribution is 2.21. The van der Waals surface area contributed by atoms with Gasteiger partial charge in [-0.15, -0.1) is 11.3 Å². The lowest BCUT2D eigenvalue weighted by Crippen LogP contribution is -2.26. The normalized spacial score (nSPS) is 12.1. The second kappa shape index (κ2) is 6.92. The summed E-state index contributed by atoms with van der Waals surface area (Å²) in [5, 5.41) is 8.13. The molecule has 0 bridgehead atoms. The van der Waals surface area contributed by atoms with Crippen molar-refractivity contribution >= 4 is 17.2 Å². The van der Waals surface area contributed by atoms with Gasteiger partial charge in [0.05, 0.1) is 22.4 Å². The van der Waals surface area contributed by atoms with E-state index < -0.39 is 0 Å². The van der Waals surface area contributed by atoms with Gasteiger partial charge in [0.25, 0.3) is 5.91 Å². The Labute approximate surface area is 144 Å². The highest BCUT2D eigenvalue weighted by Gasteiger charge is 2.17. The summed E-state index contributed by atoms with van der Waals surface area (Å²) >= 11 is 1.46. The van der Waals surface area contributed by atoms with Gasteiger partial charge < -0.3 is 5.32 Å². The zero-order chi connectivity index (χ0) is 17.1. The first-order valence-corrected chi connectivity index (χ1v) is 8.62. The number of hydrogen-bond donors (Lipinski definition) is 1. The summed E-state index contributed by atoms with van der Waals surface area (Å²) < 4.78 is 1.69. The van der Waals surface area contributed by atoms with Crippen molar-refractivity contribution < 1.29 is 4.79 Å². The fraction of sp³-hybridized carbons (Fsp3) is 0.294. The van der Waals surface area contributed by atoms with Gasteiger partial charge in [0.1, 0.15) is 17.5 Å². The minimum absolute atomic E-state index is 0.0717. The number of amides is 1. The molecule has 2 heterocycles. The topological polar surface area (TPSA) is 72.7 Å². The summed E-state index contributed by atoms with van der Waals surface area (Å²) in [5.41, 5.74) is 2.76. The molecule has 1 amide bonds. The molecule has 7 heteroatoms. The molecule has 1 aromatic carbocycles. The number of carbonyl (C=O) groups is 1. The Morgan fingerprint density at radius 1 is 1.33 bits per heavy atom. The van der Waals surface area contributed by atoms with E-state index in [1.807, 2.05) is 45.0 Å². The van der Waals surface area contributed by atoms with Crippen LogP contribution in [0.4, 0.5) is 0 Å². The van der Waals surface area contributed by atoms with Crippen molar-refractivity contribution in [2.24, 2.45) is 0 Å². The molecule has 0 aliphatic rings. The molecule has 0 aliphatic carbocycles. The van der Waals surface area contributed by atoms with Crippen LogP contribution in [0.15, 0.2) is 36.9 Å². The van der Waals surface area contributed by atoms with Gasteiger partial charge in [0.15, 0.2) is 0 Å². The van der Waals surface area contributed by atoms with Crippen molar-refractivity contribution in [3.63, 3.8) is 0 Å². The first-order valence-electron chi connectivity index (χ1n) is 7.80. The van der Waals surface area contributed by atoms with Crippen molar-refractivity contribution in [1.82, 2.24) is 25.1 Å². The van der Waals surface area contributed by atoms with Crippen LogP contribution in [-0.2, 0) is 6.42 Å². The number of aryl methyl sites for hydroxylation is 2. The first-order chi connectivity index (χ1) is 11.6. The lowest BCUT2D eigenvalue weighted by atomic mass is 10.1. The average molecular weight is 341 g/mol. The minimum Gasteiger partial charge on any atom is -0.345 e. The standard InChI is InChI=1S/C17H19N5OS/c1-4-15-20-12(3)16(24-15)17(23)21-11(2)13-5-7-14(8-6-13)22-10-18-9-19-22/h5-11H,4H2,1-3H3,(H,21,23)/t11-/m1/s1. The maximum atomic E-state index is 12.5. The third-order valence-electron chi connectivity index (χ3n) is 3.77. The maximum absolute atomic E-state index is 12.5. The summed E-state index contributed by atoms with van der Waals surface area (Å²) in [6.45, 7) is 5.89. The molecule has 24 heavy (non-hydrogen) atoms. The molecule has 3 aromatic rings. The number of nitrogens with one attached hydrogen (secondary N) is 1. The van der Waals surface area contributed by atoms with Gasteiger partial charge in [-0.25, -0.2) is 14.6 Å². The van der Waals surface area contributed by atoms with E-state index >= 15 is 0 Å². The van der Waals surface area contributed by atoms with Crippen molar-refractivity contribution in [3.05, 3.63) is 58.1 Å². The molecular formula is C17H19N5OS. The smallest absolute Gasteiger partial charge is 0.263 e. The van der Waals surface area contributed by atoms with Crippen LogP contribution in [0.2, 0.25) is 0 Å². The van der Waals surface area contributed by atoms with E-state index in [0.29, 0.717) is 4.88 Å². The van der Waals surface area contributed by atoms with Crippen LogP contribution in [0.3, 0.4) is 0 Å². The van der Waals surface area contributed by atoms with Crippen LogP contribution < -0.4 is 5.32 Å². The molecule has 6 nitrogen and oxygen atoms in total. The summed E-state index contributed by atoms with van der Waals surface area (Å²) in [6.07, 6.45) is 3.99. The number of carbonyl (C=O) groups excluding carboxylic acids is 1. The van der Waals surface area contributed by atoms with Gasteiger partial charge in [-0.3, -0.25) is 4.79 Å². The van der Waals surface area contributed by atoms with Crippen LogP contribution in [0.5, 0.6) is 0 Å². The number of benzene rings is 1. The van der Waals surface area contributed by atoms with E-state index in [1.54, 1.807) is 11.0 Å². The van der Waals surface area contributed by atoms with Crippen LogP contribution >= 0.6 is 11.3 Å². The molecule has 3 rings (SSSR count). The predicted octanol–water partition coefficient (Wildman–Crippen LogP) is 3.09. The fourth-order valence-corrected chi connectivity index (χ4v) is 3.32. The van der Waals surface area contributed by atoms with E-state index in [-0.39, 0.29) is 11.9 Å². The van der Waals surface area contributed by atoms with Gasteiger partial charge in [-0.1, -0.05) is 19.1 Å². The molecule has 0 unspecified atom stereocenters. The zero-order valence-electron chi connectivity index (χ0n) is 13.9. The van der Waals surface area contributed by atoms with Gasteiger partial charge in [-0.2, -0.15) is 5.10 Å². The molecule has 0 fully saturated rings. The molecule has 1 N–H and O–H groups in total. The third kappa shape index (κ3) is 3.35. The van der Waals surface area contributed by atoms with E-state index in [2.05, 4.69) is 20.4 Å². The molecule has 2 aromatic heterocycles. The van der Waals surface area contributed by atoms with Crippen molar-refractivity contribution in [3.8, 4) is 5.69 Å². The average Bonchev–Trinajstić information content (AvgIpc) is 3.24. The van der Waals surface area contributed by atoms with E-state index in [1.165, 1.54) is 17.7 Å². The van der Waals surface area contributed by atoms with Crippen molar-refractivity contribution in [2.75, 3.05) is 0 Å². The lowest BCUT2D eigenvalue weighted by Gasteiger charge is -2.14. The second-order valence-electron chi connectivity index (χ2n) is 5.50. The SMILES string of the molecule is CCc1nc(C)c(C(=O)N[C@H](C)c2ccc(-n3cncn3)cc2)s1. The minimum atomic E-state index is -0.0890. The second-order valence-corrected chi connectivity index (χ2v) is 6.59. The molecule has 0 radical (unpaired) electrons. The Bertz CT molecular complexity index is 823. The van der Waals surface area contributed by atoms with E-state index in [0.717, 1.165) is 28.4 Å². The molecule has 124 valence electrons. The summed E-state index contributed by atoms with van der Waals surface area (Å²) in [7, 11) is 0. The number of thiazole rings is 1. The Morgan fingerprint density at radius 2 is 2.08 bits per heavy atom. The maximum Gasteiger partial charge on any atom is 0.263 e. The quantitative estimate of drug-likeness (QED) is 0.774. The third-order valence-corrected chi connectivity index (χ3v) is 5.07. The lowest BCUT2D eigenvalue weighted by molar-refractivity contribution is 0.0943. The van der Waals surface area contributed by atoms with Gasteiger partial charge in [0, 0.05) is 0 Å². The van der Waals surface area contributed by atoms with Gasteiger partial charge in [0.2, 0.25) is 0 Å². The highest BCUT2D eigenvalue weighted by atomic mass is 32.1. The number of rotatable bonds is 5. The molecule has 0 saturated heterocycles. The molecule has 0 saturated carbocycles. The van der Waals surface area contributed by atoms with Gasteiger partial charge in [-0.05, 0) is 38.0 Å². The molecule has 0 aliphatic heterocycles. The fourth-order valence-electron chi connectivity index (χ4n) is 2.42. The van der Waals surface area contributed by atoms with Crippen LogP contribution in [0.25, 0.3) is 5.69 Å². The Morgan fingerprint density at radius 3 is 2.67 bits per heavy atom. The highest BCUT2D eigenvalue weighted by molar-refractivity contribution is 7.13. The van der Waals surface area contributed by atoms with E-state index in [4.69, 9.17) is 0 Å². The van der Waals surface area contributed by atoms with E-state index in [9.17, 15) is 4.79 Å².